The number of fused-ring (bicyclic) bond motifs is 1. The number of aromatic amines is 1. The fourth-order valence-corrected chi connectivity index (χ4v) is 4.57. The summed E-state index contributed by atoms with van der Waals surface area (Å²) in [6.45, 7) is 4.15. The van der Waals surface area contributed by atoms with Crippen LogP contribution in [0.1, 0.15) is 16.1 Å². The maximum atomic E-state index is 13.2. The van der Waals surface area contributed by atoms with Gasteiger partial charge in [0.1, 0.15) is 5.82 Å². The number of pyridine rings is 2. The van der Waals surface area contributed by atoms with E-state index in [0.717, 1.165) is 66.0 Å². The van der Waals surface area contributed by atoms with Crippen LogP contribution in [0.2, 0.25) is 0 Å². The molecule has 0 spiro atoms. The van der Waals surface area contributed by atoms with Gasteiger partial charge in [-0.1, -0.05) is 6.07 Å². The number of hydrogen-bond acceptors (Lipinski definition) is 6. The molecule has 1 aliphatic rings. The Labute approximate surface area is 218 Å². The van der Waals surface area contributed by atoms with Gasteiger partial charge < -0.3 is 10.1 Å². The number of anilines is 1. The number of amides is 1. The summed E-state index contributed by atoms with van der Waals surface area (Å²) < 4.78 is 18.6. The molecule has 1 aliphatic heterocycles. The van der Waals surface area contributed by atoms with E-state index >= 15 is 0 Å². The molecule has 6 rings (SSSR count). The van der Waals surface area contributed by atoms with Crippen LogP contribution in [0.3, 0.4) is 0 Å². The maximum absolute atomic E-state index is 13.2. The van der Waals surface area contributed by atoms with Crippen LogP contribution < -0.4 is 5.32 Å². The lowest BCUT2D eigenvalue weighted by atomic mass is 10.0. The third-order valence-electron chi connectivity index (χ3n) is 6.58. The van der Waals surface area contributed by atoms with E-state index < -0.39 is 0 Å². The van der Waals surface area contributed by atoms with Gasteiger partial charge in [0.2, 0.25) is 0 Å². The number of aromatic nitrogens is 4. The van der Waals surface area contributed by atoms with Crippen molar-refractivity contribution in [3.05, 3.63) is 96.3 Å². The summed E-state index contributed by atoms with van der Waals surface area (Å²) in [6.07, 6.45) is 5.30. The van der Waals surface area contributed by atoms with Gasteiger partial charge in [0.25, 0.3) is 5.91 Å². The van der Waals surface area contributed by atoms with Crippen molar-refractivity contribution in [1.82, 2.24) is 25.1 Å². The van der Waals surface area contributed by atoms with E-state index in [2.05, 4.69) is 36.4 Å². The summed E-state index contributed by atoms with van der Waals surface area (Å²) in [4.78, 5) is 24.3. The third-order valence-corrected chi connectivity index (χ3v) is 6.58. The molecule has 9 heteroatoms. The molecule has 2 aromatic carbocycles. The van der Waals surface area contributed by atoms with E-state index in [4.69, 9.17) is 4.74 Å². The van der Waals surface area contributed by atoms with Crippen molar-refractivity contribution < 1.29 is 13.9 Å². The lowest BCUT2D eigenvalue weighted by Gasteiger charge is -2.26. The highest BCUT2D eigenvalue weighted by molar-refractivity contribution is 6.11. The summed E-state index contributed by atoms with van der Waals surface area (Å²) in [5.74, 6) is -0.645. The Morgan fingerprint density at radius 2 is 1.76 bits per heavy atom. The van der Waals surface area contributed by atoms with E-state index in [1.54, 1.807) is 30.5 Å². The molecule has 38 heavy (non-hydrogen) atoms. The second kappa shape index (κ2) is 10.5. The highest BCUT2D eigenvalue weighted by atomic mass is 19.1. The summed E-state index contributed by atoms with van der Waals surface area (Å²) in [6, 6.07) is 17.7. The van der Waals surface area contributed by atoms with Crippen LogP contribution in [-0.2, 0) is 11.3 Å². The molecule has 2 N–H and O–H groups in total. The zero-order chi connectivity index (χ0) is 25.9. The van der Waals surface area contributed by atoms with E-state index in [1.807, 2.05) is 30.6 Å². The molecule has 190 valence electrons. The van der Waals surface area contributed by atoms with E-state index in [-0.39, 0.29) is 11.7 Å². The predicted octanol–water partition coefficient (Wildman–Crippen LogP) is 4.91. The summed E-state index contributed by atoms with van der Waals surface area (Å²) >= 11 is 0. The Kier molecular flexibility index (Phi) is 6.60. The first-order chi connectivity index (χ1) is 18.6. The molecule has 0 bridgehead atoms. The van der Waals surface area contributed by atoms with Crippen LogP contribution >= 0.6 is 0 Å². The topological polar surface area (TPSA) is 96.0 Å². The van der Waals surface area contributed by atoms with Crippen molar-refractivity contribution in [3.8, 4) is 22.4 Å². The molecule has 8 nitrogen and oxygen atoms in total. The number of carbonyl (C=O) groups is 1. The number of morpholine rings is 1. The molecule has 3 aromatic heterocycles. The van der Waals surface area contributed by atoms with Crippen molar-refractivity contribution in [3.63, 3.8) is 0 Å². The Hall–Kier alpha value is -4.47. The standard InChI is InChI=1S/C29H25FN6O2/c30-23-4-1-20(2-5-23)26-8-6-24(17-32-26)33-29(37)28-25-14-21(3-7-27(25)34-35-28)22-13-19(15-31-16-22)18-36-9-11-38-12-10-36/h1-8,13-17H,9-12,18H2,(H,33,37)(H,34,35). The van der Waals surface area contributed by atoms with E-state index in [9.17, 15) is 9.18 Å². The summed E-state index contributed by atoms with van der Waals surface area (Å²) in [5, 5.41) is 10.8. The minimum atomic E-state index is -0.344. The maximum Gasteiger partial charge on any atom is 0.276 e. The molecule has 0 aliphatic carbocycles. The van der Waals surface area contributed by atoms with Gasteiger partial charge in [-0.15, -0.1) is 0 Å². The largest absolute Gasteiger partial charge is 0.379 e. The SMILES string of the molecule is O=C(Nc1ccc(-c2ccc(F)cc2)nc1)c1n[nH]c2ccc(-c3cncc(CN4CCOCC4)c3)cc12. The average molecular weight is 509 g/mol. The monoisotopic (exact) mass is 508 g/mol. The lowest BCUT2D eigenvalue weighted by Crippen LogP contribution is -2.35. The van der Waals surface area contributed by atoms with Gasteiger partial charge >= 0.3 is 0 Å². The Balaban J connectivity index is 1.20. The zero-order valence-corrected chi connectivity index (χ0v) is 20.5. The molecule has 0 saturated carbocycles. The smallest absolute Gasteiger partial charge is 0.276 e. The number of nitrogens with zero attached hydrogens (tertiary/aromatic N) is 4. The molecular weight excluding hydrogens is 483 g/mol. The molecule has 1 saturated heterocycles. The first kappa shape index (κ1) is 23.9. The van der Waals surface area contributed by atoms with Gasteiger partial charge in [-0.25, -0.2) is 4.39 Å². The van der Waals surface area contributed by atoms with Crippen molar-refractivity contribution in [2.45, 2.75) is 6.54 Å². The molecule has 4 heterocycles. The van der Waals surface area contributed by atoms with Crippen molar-refractivity contribution in [1.29, 1.82) is 0 Å². The third kappa shape index (κ3) is 5.15. The molecule has 5 aromatic rings. The van der Waals surface area contributed by atoms with Crippen LogP contribution in [0.4, 0.5) is 10.1 Å². The van der Waals surface area contributed by atoms with Crippen LogP contribution in [0.15, 0.2) is 79.3 Å². The summed E-state index contributed by atoms with van der Waals surface area (Å²) in [7, 11) is 0. The van der Waals surface area contributed by atoms with Gasteiger partial charge in [-0.05, 0) is 65.7 Å². The Morgan fingerprint density at radius 1 is 0.947 bits per heavy atom. The van der Waals surface area contributed by atoms with Crippen LogP contribution in [0.5, 0.6) is 0 Å². The predicted molar refractivity (Wildman–Crippen MR) is 143 cm³/mol. The van der Waals surface area contributed by atoms with Crippen molar-refractivity contribution in [2.75, 3.05) is 31.6 Å². The molecule has 1 fully saturated rings. The highest BCUT2D eigenvalue weighted by Crippen LogP contribution is 2.27. The number of halogens is 1. The normalized spacial score (nSPS) is 14.0. The minimum absolute atomic E-state index is 0.293. The second-order valence-electron chi connectivity index (χ2n) is 9.20. The summed E-state index contributed by atoms with van der Waals surface area (Å²) in [5.41, 5.74) is 6.13. The number of rotatable bonds is 6. The average Bonchev–Trinajstić information content (AvgIpc) is 3.38. The van der Waals surface area contributed by atoms with E-state index in [1.165, 1.54) is 12.1 Å². The lowest BCUT2D eigenvalue weighted by molar-refractivity contribution is 0.0341. The molecule has 0 radical (unpaired) electrons. The number of carbonyl (C=O) groups excluding carboxylic acids is 1. The van der Waals surface area contributed by atoms with Gasteiger partial charge in [-0.3, -0.25) is 24.8 Å². The zero-order valence-electron chi connectivity index (χ0n) is 20.5. The molecular formula is C29H25FN6O2. The molecule has 1 amide bonds. The number of nitrogens with one attached hydrogen (secondary N) is 2. The van der Waals surface area contributed by atoms with Crippen LogP contribution in [0.25, 0.3) is 33.3 Å². The van der Waals surface area contributed by atoms with Crippen molar-refractivity contribution in [2.24, 2.45) is 0 Å². The quantitative estimate of drug-likeness (QED) is 0.338. The van der Waals surface area contributed by atoms with Gasteiger partial charge in [-0.2, -0.15) is 5.10 Å². The van der Waals surface area contributed by atoms with Crippen LogP contribution in [-0.4, -0.2) is 57.3 Å². The Morgan fingerprint density at radius 3 is 2.55 bits per heavy atom. The van der Waals surface area contributed by atoms with Crippen LogP contribution in [0, 0.1) is 5.82 Å². The number of H-pyrrole nitrogens is 1. The second-order valence-corrected chi connectivity index (χ2v) is 9.20. The first-order valence-electron chi connectivity index (χ1n) is 12.4. The fraction of sp³-hybridized carbons (Fsp3) is 0.172. The fourth-order valence-electron chi connectivity index (χ4n) is 4.57. The van der Waals surface area contributed by atoms with Gasteiger partial charge in [0.15, 0.2) is 5.69 Å². The van der Waals surface area contributed by atoms with E-state index in [0.29, 0.717) is 17.1 Å². The number of benzene rings is 2. The number of ether oxygens (including phenoxy) is 1. The molecule has 0 unspecified atom stereocenters. The van der Waals surface area contributed by atoms with Crippen molar-refractivity contribution >= 4 is 22.5 Å². The molecule has 0 atom stereocenters. The Bertz CT molecular complexity index is 1580. The highest BCUT2D eigenvalue weighted by Gasteiger charge is 2.16. The minimum Gasteiger partial charge on any atom is -0.379 e. The van der Waals surface area contributed by atoms with Gasteiger partial charge in [0.05, 0.1) is 36.3 Å². The van der Waals surface area contributed by atoms with Gasteiger partial charge in [0, 0.05) is 48.5 Å². The number of hydrogen-bond donors (Lipinski definition) is 2. The first-order valence-corrected chi connectivity index (χ1v) is 12.4.